The van der Waals surface area contributed by atoms with Crippen LogP contribution in [-0.2, 0) is 4.79 Å². The number of nitrogens with zero attached hydrogens (tertiary/aromatic N) is 1. The fraction of sp³-hybridized carbons (Fsp3) is 0.400. The van der Waals surface area contributed by atoms with Crippen molar-refractivity contribution in [3.63, 3.8) is 0 Å². The molecule has 0 aliphatic rings. The van der Waals surface area contributed by atoms with Crippen LogP contribution in [0.15, 0.2) is 23.4 Å². The second-order valence-electron chi connectivity index (χ2n) is 5.37. The number of imidazole rings is 1. The first-order valence-corrected chi connectivity index (χ1v) is 8.20. The molecule has 0 saturated heterocycles. The molecule has 0 unspecified atom stereocenters. The molecular formula is C15H20N4O3S. The number of imide groups is 1. The molecule has 1 heterocycles. The largest absolute Gasteiger partial charge is 0.497 e. The molecule has 7 nitrogen and oxygen atoms in total. The monoisotopic (exact) mass is 336 g/mol. The zero-order valence-electron chi connectivity index (χ0n) is 13.3. The number of hydrogen-bond donors (Lipinski definition) is 3. The van der Waals surface area contributed by atoms with Gasteiger partial charge in [-0.2, -0.15) is 0 Å². The number of H-pyrrole nitrogens is 1. The van der Waals surface area contributed by atoms with Crippen LogP contribution in [0.1, 0.15) is 13.8 Å². The number of thioether (sulfide) groups is 1. The predicted octanol–water partition coefficient (Wildman–Crippen LogP) is 2.15. The van der Waals surface area contributed by atoms with Gasteiger partial charge in [0.15, 0.2) is 5.16 Å². The number of urea groups is 1. The van der Waals surface area contributed by atoms with Crippen molar-refractivity contribution < 1.29 is 14.3 Å². The number of aromatic nitrogens is 2. The molecule has 0 spiro atoms. The van der Waals surface area contributed by atoms with Gasteiger partial charge in [-0.15, -0.1) is 0 Å². The second kappa shape index (κ2) is 7.87. The zero-order valence-corrected chi connectivity index (χ0v) is 14.1. The van der Waals surface area contributed by atoms with Gasteiger partial charge in [0.1, 0.15) is 5.75 Å². The minimum atomic E-state index is -0.473. The van der Waals surface area contributed by atoms with Crippen LogP contribution in [0, 0.1) is 5.92 Å². The SMILES string of the molecule is COc1ccc2nc(SCC(=O)NC(=O)NCC(C)C)[nH]c2c1. The lowest BCUT2D eigenvalue weighted by molar-refractivity contribution is -0.117. The summed E-state index contributed by atoms with van der Waals surface area (Å²) in [5, 5.41) is 5.53. The van der Waals surface area contributed by atoms with E-state index in [1.165, 1.54) is 11.8 Å². The molecule has 23 heavy (non-hydrogen) atoms. The topological polar surface area (TPSA) is 96.1 Å². The first kappa shape index (κ1) is 17.1. The molecule has 0 bridgehead atoms. The molecule has 3 amide bonds. The van der Waals surface area contributed by atoms with Gasteiger partial charge in [-0.25, -0.2) is 9.78 Å². The number of ether oxygens (including phenoxy) is 1. The fourth-order valence-corrected chi connectivity index (χ4v) is 2.48. The number of carbonyl (C=O) groups excluding carboxylic acids is 2. The Morgan fingerprint density at radius 3 is 2.87 bits per heavy atom. The number of hydrogen-bond acceptors (Lipinski definition) is 5. The summed E-state index contributed by atoms with van der Waals surface area (Å²) in [5.41, 5.74) is 1.63. The van der Waals surface area contributed by atoms with Gasteiger partial charge in [-0.3, -0.25) is 10.1 Å². The third-order valence-electron chi connectivity index (χ3n) is 2.93. The Morgan fingerprint density at radius 2 is 2.17 bits per heavy atom. The number of rotatable bonds is 6. The van der Waals surface area contributed by atoms with Gasteiger partial charge in [0.05, 0.1) is 23.9 Å². The van der Waals surface area contributed by atoms with E-state index in [0.717, 1.165) is 16.8 Å². The maximum atomic E-state index is 11.7. The Morgan fingerprint density at radius 1 is 1.39 bits per heavy atom. The quantitative estimate of drug-likeness (QED) is 0.702. The van der Waals surface area contributed by atoms with E-state index in [2.05, 4.69) is 20.6 Å². The number of aromatic amines is 1. The normalized spacial score (nSPS) is 10.8. The Hall–Kier alpha value is -2.22. The maximum absolute atomic E-state index is 11.7. The number of nitrogens with one attached hydrogen (secondary N) is 3. The van der Waals surface area contributed by atoms with Crippen molar-refractivity contribution in [2.75, 3.05) is 19.4 Å². The zero-order chi connectivity index (χ0) is 16.8. The molecule has 1 aromatic heterocycles. The smallest absolute Gasteiger partial charge is 0.321 e. The van der Waals surface area contributed by atoms with Gasteiger partial charge < -0.3 is 15.0 Å². The van der Waals surface area contributed by atoms with Gasteiger partial charge in [0, 0.05) is 12.6 Å². The van der Waals surface area contributed by atoms with E-state index in [4.69, 9.17) is 4.74 Å². The minimum Gasteiger partial charge on any atom is -0.497 e. The molecule has 1 aromatic carbocycles. The molecule has 2 rings (SSSR count). The highest BCUT2D eigenvalue weighted by molar-refractivity contribution is 7.99. The summed E-state index contributed by atoms with van der Waals surface area (Å²) < 4.78 is 5.15. The molecule has 0 atom stereocenters. The molecule has 0 fully saturated rings. The Bertz CT molecular complexity index is 699. The van der Waals surface area contributed by atoms with Crippen molar-refractivity contribution in [1.29, 1.82) is 0 Å². The Labute approximate surface area is 138 Å². The lowest BCUT2D eigenvalue weighted by atomic mass is 10.2. The van der Waals surface area contributed by atoms with E-state index >= 15 is 0 Å². The Balaban J connectivity index is 1.85. The predicted molar refractivity (Wildman–Crippen MR) is 89.7 cm³/mol. The third-order valence-corrected chi connectivity index (χ3v) is 3.80. The van der Waals surface area contributed by atoms with Crippen LogP contribution in [0.5, 0.6) is 5.75 Å². The van der Waals surface area contributed by atoms with E-state index in [9.17, 15) is 9.59 Å². The van der Waals surface area contributed by atoms with Crippen LogP contribution in [0.4, 0.5) is 4.79 Å². The van der Waals surface area contributed by atoms with Crippen LogP contribution in [0.25, 0.3) is 11.0 Å². The first-order chi connectivity index (χ1) is 11.0. The van der Waals surface area contributed by atoms with E-state index < -0.39 is 6.03 Å². The van der Waals surface area contributed by atoms with E-state index in [0.29, 0.717) is 17.6 Å². The Kier molecular flexibility index (Phi) is 5.86. The molecule has 0 aliphatic heterocycles. The standard InChI is InChI=1S/C15H20N4O3S/c1-9(2)7-16-14(21)19-13(20)8-23-15-17-11-5-4-10(22-3)6-12(11)18-15/h4-6,9H,7-8H2,1-3H3,(H,17,18)(H2,16,19,20,21). The number of fused-ring (bicyclic) bond motifs is 1. The van der Waals surface area contributed by atoms with Crippen molar-refractivity contribution in [3.05, 3.63) is 18.2 Å². The highest BCUT2D eigenvalue weighted by Crippen LogP contribution is 2.22. The van der Waals surface area contributed by atoms with Gasteiger partial charge in [-0.1, -0.05) is 25.6 Å². The molecule has 8 heteroatoms. The molecule has 3 N–H and O–H groups in total. The molecule has 2 aromatic rings. The number of carbonyl (C=O) groups is 2. The molecule has 124 valence electrons. The van der Waals surface area contributed by atoms with Crippen molar-refractivity contribution in [2.24, 2.45) is 5.92 Å². The highest BCUT2D eigenvalue weighted by atomic mass is 32.2. The van der Waals surface area contributed by atoms with Gasteiger partial charge in [-0.05, 0) is 18.1 Å². The number of benzene rings is 1. The van der Waals surface area contributed by atoms with Crippen LogP contribution < -0.4 is 15.4 Å². The summed E-state index contributed by atoms with van der Waals surface area (Å²) in [6.07, 6.45) is 0. The second-order valence-corrected chi connectivity index (χ2v) is 6.33. The summed E-state index contributed by atoms with van der Waals surface area (Å²) >= 11 is 1.23. The van der Waals surface area contributed by atoms with Crippen molar-refractivity contribution in [1.82, 2.24) is 20.6 Å². The number of methoxy groups -OCH3 is 1. The van der Waals surface area contributed by atoms with Crippen LogP contribution >= 0.6 is 11.8 Å². The van der Waals surface area contributed by atoms with Gasteiger partial charge >= 0.3 is 6.03 Å². The fourth-order valence-electron chi connectivity index (χ4n) is 1.80. The lowest BCUT2D eigenvalue weighted by Crippen LogP contribution is -2.41. The number of amides is 3. The summed E-state index contributed by atoms with van der Waals surface area (Å²) in [7, 11) is 1.60. The average Bonchev–Trinajstić information content (AvgIpc) is 2.92. The van der Waals surface area contributed by atoms with Crippen molar-refractivity contribution >= 4 is 34.7 Å². The van der Waals surface area contributed by atoms with Crippen LogP contribution in [0.3, 0.4) is 0 Å². The summed E-state index contributed by atoms with van der Waals surface area (Å²) in [6.45, 7) is 4.49. The summed E-state index contributed by atoms with van der Waals surface area (Å²) in [6, 6.07) is 5.03. The van der Waals surface area contributed by atoms with E-state index in [1.807, 2.05) is 32.0 Å². The highest BCUT2D eigenvalue weighted by Gasteiger charge is 2.10. The molecule has 0 saturated carbocycles. The summed E-state index contributed by atoms with van der Waals surface area (Å²) in [5.74, 6) is 0.802. The van der Waals surface area contributed by atoms with E-state index in [1.54, 1.807) is 7.11 Å². The van der Waals surface area contributed by atoms with E-state index in [-0.39, 0.29) is 11.7 Å². The van der Waals surface area contributed by atoms with Crippen molar-refractivity contribution in [3.8, 4) is 5.75 Å². The third kappa shape index (κ3) is 5.17. The maximum Gasteiger partial charge on any atom is 0.321 e. The van der Waals surface area contributed by atoms with Crippen molar-refractivity contribution in [2.45, 2.75) is 19.0 Å². The minimum absolute atomic E-state index is 0.103. The first-order valence-electron chi connectivity index (χ1n) is 7.22. The average molecular weight is 336 g/mol. The lowest BCUT2D eigenvalue weighted by Gasteiger charge is -2.07. The molecular weight excluding hydrogens is 316 g/mol. The summed E-state index contributed by atoms with van der Waals surface area (Å²) in [4.78, 5) is 30.7. The molecule has 0 radical (unpaired) electrons. The molecule has 0 aliphatic carbocycles. The van der Waals surface area contributed by atoms with Gasteiger partial charge in [0.25, 0.3) is 0 Å². The van der Waals surface area contributed by atoms with Gasteiger partial charge in [0.2, 0.25) is 5.91 Å². The van der Waals surface area contributed by atoms with Crippen LogP contribution in [-0.4, -0.2) is 41.3 Å². The van der Waals surface area contributed by atoms with Crippen LogP contribution in [0.2, 0.25) is 0 Å².